The maximum absolute atomic E-state index is 13.5. The summed E-state index contributed by atoms with van der Waals surface area (Å²) >= 11 is 0. The van der Waals surface area contributed by atoms with Gasteiger partial charge in [-0.3, -0.25) is 4.79 Å². The summed E-state index contributed by atoms with van der Waals surface area (Å²) in [7, 11) is -2.25. The largest absolute Gasteiger partial charge is 0.337 e. The second kappa shape index (κ2) is 10.5. The molecule has 8 nitrogen and oxygen atoms in total. The number of rotatable bonds is 8. The fraction of sp³-hybridized carbons (Fsp3) is 0.600. The van der Waals surface area contributed by atoms with Crippen LogP contribution in [-0.4, -0.2) is 50.6 Å². The van der Waals surface area contributed by atoms with Gasteiger partial charge >= 0.3 is 10.2 Å². The molecular weight excluding hydrogens is 452 g/mol. The summed E-state index contributed by atoms with van der Waals surface area (Å²) < 4.78 is 36.0. The van der Waals surface area contributed by atoms with E-state index in [1.54, 1.807) is 13.8 Å². The van der Waals surface area contributed by atoms with Gasteiger partial charge < -0.3 is 9.42 Å². The number of likely N-dealkylation sites (N-methyl/N-ethyl adjacent to an activating group) is 1. The van der Waals surface area contributed by atoms with E-state index in [4.69, 9.17) is 4.52 Å². The Morgan fingerprint density at radius 1 is 1.18 bits per heavy atom. The van der Waals surface area contributed by atoms with Gasteiger partial charge in [-0.25, -0.2) is 9.03 Å². The zero-order valence-electron chi connectivity index (χ0n) is 21.4. The van der Waals surface area contributed by atoms with Crippen molar-refractivity contribution in [1.82, 2.24) is 14.8 Å². The number of hydrogen-bond acceptors (Lipinski definition) is 6. The molecule has 1 N–H and O–H groups in total. The molecule has 1 atom stereocenters. The van der Waals surface area contributed by atoms with Gasteiger partial charge in [-0.05, 0) is 68.8 Å². The Kier molecular flexibility index (Phi) is 8.08. The number of piperidine rings is 1. The van der Waals surface area contributed by atoms with Crippen LogP contribution in [0.2, 0.25) is 0 Å². The summed E-state index contributed by atoms with van der Waals surface area (Å²) in [6, 6.07) is 5.78. The topological polar surface area (TPSA) is 95.8 Å². The molecule has 188 valence electrons. The van der Waals surface area contributed by atoms with Crippen molar-refractivity contribution in [3.05, 3.63) is 46.1 Å². The lowest BCUT2D eigenvalue weighted by atomic mass is 9.92. The first-order valence-corrected chi connectivity index (χ1v) is 13.4. The van der Waals surface area contributed by atoms with Crippen molar-refractivity contribution in [2.75, 3.05) is 24.4 Å². The molecular formula is C25H38N4O4S. The van der Waals surface area contributed by atoms with Gasteiger partial charge in [-0.2, -0.15) is 8.42 Å². The van der Waals surface area contributed by atoms with Gasteiger partial charge in [0.1, 0.15) is 0 Å². The van der Waals surface area contributed by atoms with Crippen molar-refractivity contribution < 1.29 is 17.7 Å². The van der Waals surface area contributed by atoms with Crippen LogP contribution in [0.3, 0.4) is 0 Å². The number of hydrogen-bond donors (Lipinski definition) is 1. The third-order valence-corrected chi connectivity index (χ3v) is 7.97. The van der Waals surface area contributed by atoms with Crippen LogP contribution in [0.25, 0.3) is 0 Å². The average molecular weight is 491 g/mol. The minimum atomic E-state index is -4.21. The molecule has 1 aromatic carbocycles. The summed E-state index contributed by atoms with van der Waals surface area (Å²) in [4.78, 5) is 15.1. The normalized spacial score (nSPS) is 17.4. The summed E-state index contributed by atoms with van der Waals surface area (Å²) in [5.41, 5.74) is 4.35. The quantitative estimate of drug-likeness (QED) is 0.600. The number of likely N-dealkylation sites (tertiary alicyclic amines) is 1. The standard InChI is InChI=1S/C25H38N4O4S/c1-16(2)21-11-20(12-22(14-21)17(3)4)13-24(30)27-34(31,32)29(23-9-8-10-28(7)15-23)25-18(5)19(6)26-33-25/h11-12,14,16-17,23H,8-10,13,15H2,1-7H3,(H,27,30). The number of benzene rings is 1. The number of aryl methyl sites for hydroxylation is 1. The molecule has 0 saturated carbocycles. The molecule has 1 fully saturated rings. The lowest BCUT2D eigenvalue weighted by molar-refractivity contribution is -0.118. The fourth-order valence-corrected chi connectivity index (χ4v) is 5.75. The van der Waals surface area contributed by atoms with Crippen LogP contribution in [0.15, 0.2) is 22.7 Å². The highest BCUT2D eigenvalue weighted by molar-refractivity contribution is 7.91. The second-order valence-corrected chi connectivity index (χ2v) is 11.6. The number of nitrogens with zero attached hydrogens (tertiary/aromatic N) is 3. The second-order valence-electron chi connectivity index (χ2n) is 10.1. The van der Waals surface area contributed by atoms with Crippen LogP contribution in [0.5, 0.6) is 0 Å². The Labute approximate surface area is 203 Å². The predicted octanol–water partition coefficient (Wildman–Crippen LogP) is 4.04. The zero-order chi connectivity index (χ0) is 25.2. The van der Waals surface area contributed by atoms with E-state index in [0.29, 0.717) is 36.1 Å². The molecule has 0 radical (unpaired) electrons. The van der Waals surface area contributed by atoms with Gasteiger partial charge in [0.15, 0.2) is 0 Å². The van der Waals surface area contributed by atoms with E-state index >= 15 is 0 Å². The monoisotopic (exact) mass is 490 g/mol. The maximum Gasteiger partial charge on any atom is 0.328 e. The molecule has 2 aromatic rings. The van der Waals surface area contributed by atoms with E-state index in [1.165, 1.54) is 4.31 Å². The zero-order valence-corrected chi connectivity index (χ0v) is 22.2. The van der Waals surface area contributed by atoms with Crippen molar-refractivity contribution in [1.29, 1.82) is 0 Å². The Morgan fingerprint density at radius 2 is 1.79 bits per heavy atom. The Hall–Kier alpha value is -2.39. The molecule has 9 heteroatoms. The lowest BCUT2D eigenvalue weighted by Crippen LogP contribution is -2.54. The van der Waals surface area contributed by atoms with E-state index in [1.807, 2.05) is 19.2 Å². The van der Waals surface area contributed by atoms with Crippen molar-refractivity contribution in [3.63, 3.8) is 0 Å². The number of nitrogens with one attached hydrogen (secondary N) is 1. The minimum absolute atomic E-state index is 0.0215. The summed E-state index contributed by atoms with van der Waals surface area (Å²) in [5.74, 6) is 0.210. The van der Waals surface area contributed by atoms with Crippen LogP contribution < -0.4 is 9.03 Å². The molecule has 1 amide bonds. The van der Waals surface area contributed by atoms with Crippen LogP contribution in [0.1, 0.15) is 80.3 Å². The molecule has 1 saturated heterocycles. The predicted molar refractivity (Wildman–Crippen MR) is 134 cm³/mol. The van der Waals surface area contributed by atoms with Gasteiger partial charge in [0.25, 0.3) is 0 Å². The van der Waals surface area contributed by atoms with E-state index in [9.17, 15) is 13.2 Å². The van der Waals surface area contributed by atoms with E-state index in [0.717, 1.165) is 29.7 Å². The van der Waals surface area contributed by atoms with Crippen LogP contribution in [-0.2, 0) is 21.4 Å². The smallest absolute Gasteiger partial charge is 0.328 e. The summed E-state index contributed by atoms with van der Waals surface area (Å²) in [5, 5.41) is 3.96. The van der Waals surface area contributed by atoms with E-state index in [2.05, 4.69) is 48.5 Å². The van der Waals surface area contributed by atoms with Gasteiger partial charge in [0, 0.05) is 12.1 Å². The third kappa shape index (κ3) is 5.99. The van der Waals surface area contributed by atoms with Crippen LogP contribution in [0.4, 0.5) is 5.88 Å². The first-order valence-electron chi connectivity index (χ1n) is 12.0. The number of amides is 1. The van der Waals surface area contributed by atoms with E-state index in [-0.39, 0.29) is 18.3 Å². The van der Waals surface area contributed by atoms with Crippen molar-refractivity contribution in [2.24, 2.45) is 0 Å². The molecule has 3 rings (SSSR count). The number of carbonyl (C=O) groups is 1. The molecule has 0 bridgehead atoms. The van der Waals surface area contributed by atoms with Gasteiger partial charge in [0.2, 0.25) is 11.8 Å². The Bertz CT molecular complexity index is 1100. The first-order chi connectivity index (χ1) is 15.9. The minimum Gasteiger partial charge on any atom is -0.337 e. The lowest BCUT2D eigenvalue weighted by Gasteiger charge is -2.36. The molecule has 1 aliphatic rings. The molecule has 34 heavy (non-hydrogen) atoms. The van der Waals surface area contributed by atoms with Crippen molar-refractivity contribution in [3.8, 4) is 0 Å². The van der Waals surface area contributed by atoms with Crippen LogP contribution >= 0.6 is 0 Å². The highest BCUT2D eigenvalue weighted by Crippen LogP contribution is 2.30. The highest BCUT2D eigenvalue weighted by Gasteiger charge is 2.37. The number of anilines is 1. The molecule has 0 aliphatic carbocycles. The highest BCUT2D eigenvalue weighted by atomic mass is 32.2. The van der Waals surface area contributed by atoms with Crippen molar-refractivity contribution >= 4 is 22.0 Å². The van der Waals surface area contributed by atoms with Gasteiger partial charge in [-0.1, -0.05) is 51.1 Å². The molecule has 0 spiro atoms. The number of carbonyl (C=O) groups excluding carboxylic acids is 1. The molecule has 1 unspecified atom stereocenters. The fourth-order valence-electron chi connectivity index (χ4n) is 4.34. The molecule has 1 aliphatic heterocycles. The Morgan fingerprint density at radius 3 is 2.29 bits per heavy atom. The summed E-state index contributed by atoms with van der Waals surface area (Å²) in [6.45, 7) is 13.4. The first kappa shape index (κ1) is 26.2. The van der Waals surface area contributed by atoms with E-state index < -0.39 is 16.1 Å². The Balaban J connectivity index is 1.88. The third-order valence-electron chi connectivity index (χ3n) is 6.50. The maximum atomic E-state index is 13.5. The van der Waals surface area contributed by atoms with Crippen LogP contribution in [0, 0.1) is 13.8 Å². The van der Waals surface area contributed by atoms with Gasteiger partial charge in [-0.15, -0.1) is 0 Å². The SMILES string of the molecule is Cc1noc(N(C2CCCN(C)C2)S(=O)(=O)NC(=O)Cc2cc(C(C)C)cc(C(C)C)c2)c1C. The average Bonchev–Trinajstić information content (AvgIpc) is 3.05. The molecule has 1 aromatic heterocycles. The van der Waals surface area contributed by atoms with Crippen molar-refractivity contribution in [2.45, 2.75) is 78.7 Å². The molecule has 2 heterocycles. The number of aromatic nitrogens is 1. The summed E-state index contributed by atoms with van der Waals surface area (Å²) in [6.07, 6.45) is 1.51. The van der Waals surface area contributed by atoms with Gasteiger partial charge in [0.05, 0.1) is 18.2 Å².